The molecule has 0 atom stereocenters. The first-order valence-electron chi connectivity index (χ1n) is 9.51. The number of benzene rings is 1. The molecule has 0 aliphatic heterocycles. The SMILES string of the molecule is CN(C)CCC(=NNC(=S)NCc1cccnc1)c1ccc(-c2cccc(Cl)c2)o1. The van der Waals surface area contributed by atoms with E-state index in [9.17, 15) is 0 Å². The van der Waals surface area contributed by atoms with Crippen LogP contribution >= 0.6 is 23.8 Å². The normalized spacial score (nSPS) is 11.5. The zero-order chi connectivity index (χ0) is 21.3. The van der Waals surface area contributed by atoms with Gasteiger partial charge in [0.05, 0.1) is 0 Å². The minimum Gasteiger partial charge on any atom is -0.455 e. The third kappa shape index (κ3) is 6.66. The van der Waals surface area contributed by atoms with Crippen molar-refractivity contribution in [2.75, 3.05) is 20.6 Å². The summed E-state index contributed by atoms with van der Waals surface area (Å²) >= 11 is 11.4. The van der Waals surface area contributed by atoms with Gasteiger partial charge in [0, 0.05) is 42.5 Å². The van der Waals surface area contributed by atoms with E-state index in [1.165, 1.54) is 0 Å². The molecular weight excluding hydrogens is 418 g/mol. The Morgan fingerprint density at radius 2 is 2.07 bits per heavy atom. The molecule has 0 aliphatic rings. The number of halogens is 1. The maximum atomic E-state index is 6.10. The van der Waals surface area contributed by atoms with Crippen LogP contribution in [-0.4, -0.2) is 41.3 Å². The van der Waals surface area contributed by atoms with E-state index in [1.807, 2.05) is 62.6 Å². The molecule has 2 aromatic heterocycles. The molecule has 0 saturated heterocycles. The van der Waals surface area contributed by atoms with Crippen LogP contribution in [0.4, 0.5) is 0 Å². The van der Waals surface area contributed by atoms with Crippen molar-refractivity contribution in [2.24, 2.45) is 5.10 Å². The number of rotatable bonds is 8. The van der Waals surface area contributed by atoms with E-state index < -0.39 is 0 Å². The maximum absolute atomic E-state index is 6.10. The molecule has 0 fully saturated rings. The van der Waals surface area contributed by atoms with Crippen LogP contribution in [0.15, 0.2) is 70.4 Å². The third-order valence-corrected chi connectivity index (χ3v) is 4.73. The first kappa shape index (κ1) is 22.0. The molecule has 2 heterocycles. The Morgan fingerprint density at radius 3 is 2.80 bits per heavy atom. The molecule has 8 heteroatoms. The molecule has 0 spiro atoms. The van der Waals surface area contributed by atoms with Crippen LogP contribution in [0.25, 0.3) is 11.3 Å². The van der Waals surface area contributed by atoms with Crippen molar-refractivity contribution in [1.29, 1.82) is 0 Å². The molecule has 6 nitrogen and oxygen atoms in total. The molecule has 0 bridgehead atoms. The summed E-state index contributed by atoms with van der Waals surface area (Å²) < 4.78 is 6.06. The topological polar surface area (TPSA) is 65.7 Å². The Labute approximate surface area is 187 Å². The van der Waals surface area contributed by atoms with Gasteiger partial charge < -0.3 is 14.6 Å². The van der Waals surface area contributed by atoms with Crippen molar-refractivity contribution in [3.05, 3.63) is 77.3 Å². The molecule has 30 heavy (non-hydrogen) atoms. The minimum atomic E-state index is 0.433. The minimum absolute atomic E-state index is 0.433. The molecule has 156 valence electrons. The molecule has 0 aliphatic carbocycles. The Morgan fingerprint density at radius 1 is 1.20 bits per heavy atom. The predicted octanol–water partition coefficient (Wildman–Crippen LogP) is 4.32. The summed E-state index contributed by atoms with van der Waals surface area (Å²) in [6, 6.07) is 15.3. The second kappa shape index (κ2) is 10.9. The van der Waals surface area contributed by atoms with Gasteiger partial charge >= 0.3 is 0 Å². The monoisotopic (exact) mass is 441 g/mol. The number of furan rings is 1. The molecule has 0 radical (unpaired) electrons. The lowest BCUT2D eigenvalue weighted by atomic mass is 10.2. The van der Waals surface area contributed by atoms with Gasteiger partial charge in [0.2, 0.25) is 0 Å². The molecule has 0 unspecified atom stereocenters. The number of hydrogen-bond acceptors (Lipinski definition) is 5. The highest BCUT2D eigenvalue weighted by Crippen LogP contribution is 2.25. The van der Waals surface area contributed by atoms with Gasteiger partial charge in [0.25, 0.3) is 0 Å². The van der Waals surface area contributed by atoms with Gasteiger partial charge in [-0.1, -0.05) is 29.8 Å². The van der Waals surface area contributed by atoms with Gasteiger partial charge in [-0.25, -0.2) is 0 Å². The van der Waals surface area contributed by atoms with E-state index in [2.05, 4.69) is 25.7 Å². The Hall–Kier alpha value is -2.74. The zero-order valence-corrected chi connectivity index (χ0v) is 18.5. The lowest BCUT2D eigenvalue weighted by molar-refractivity contribution is 0.420. The van der Waals surface area contributed by atoms with Gasteiger partial charge in [-0.15, -0.1) is 0 Å². The fourth-order valence-electron chi connectivity index (χ4n) is 2.70. The molecule has 3 rings (SSSR count). The van der Waals surface area contributed by atoms with E-state index in [4.69, 9.17) is 28.2 Å². The predicted molar refractivity (Wildman–Crippen MR) is 126 cm³/mol. The lowest BCUT2D eigenvalue weighted by Crippen LogP contribution is -2.32. The van der Waals surface area contributed by atoms with E-state index in [1.54, 1.807) is 12.4 Å². The fourth-order valence-corrected chi connectivity index (χ4v) is 3.00. The highest BCUT2D eigenvalue weighted by molar-refractivity contribution is 7.80. The molecule has 2 N–H and O–H groups in total. The summed E-state index contributed by atoms with van der Waals surface area (Å²) in [7, 11) is 4.04. The Balaban J connectivity index is 1.70. The summed E-state index contributed by atoms with van der Waals surface area (Å²) in [4.78, 5) is 6.19. The average Bonchev–Trinajstić information content (AvgIpc) is 3.23. The summed E-state index contributed by atoms with van der Waals surface area (Å²) in [5, 5.41) is 8.73. The molecule has 0 amide bonds. The molecular formula is C22H24ClN5OS. The fraction of sp³-hybridized carbons (Fsp3) is 0.227. The van der Waals surface area contributed by atoms with Crippen LogP contribution in [0.2, 0.25) is 5.02 Å². The number of thiocarbonyl (C=S) groups is 1. The molecule has 1 aromatic carbocycles. The average molecular weight is 442 g/mol. The highest BCUT2D eigenvalue weighted by atomic mass is 35.5. The Kier molecular flexibility index (Phi) is 7.96. The van der Waals surface area contributed by atoms with E-state index in [-0.39, 0.29) is 0 Å². The number of nitrogens with one attached hydrogen (secondary N) is 2. The van der Waals surface area contributed by atoms with Crippen LogP contribution in [0.5, 0.6) is 0 Å². The lowest BCUT2D eigenvalue weighted by Gasteiger charge is -2.11. The van der Waals surface area contributed by atoms with Gasteiger partial charge in [-0.05, 0) is 62.2 Å². The summed E-state index contributed by atoms with van der Waals surface area (Å²) in [5.41, 5.74) is 5.66. The van der Waals surface area contributed by atoms with Crippen molar-refractivity contribution in [1.82, 2.24) is 20.6 Å². The van der Waals surface area contributed by atoms with Gasteiger partial charge in [-0.2, -0.15) is 5.10 Å². The second-order valence-electron chi connectivity index (χ2n) is 6.94. The van der Waals surface area contributed by atoms with E-state index >= 15 is 0 Å². The third-order valence-electron chi connectivity index (χ3n) is 4.26. The van der Waals surface area contributed by atoms with Gasteiger partial charge in [-0.3, -0.25) is 10.4 Å². The van der Waals surface area contributed by atoms with Crippen molar-refractivity contribution >= 4 is 34.6 Å². The second-order valence-corrected chi connectivity index (χ2v) is 7.79. The van der Waals surface area contributed by atoms with E-state index in [0.717, 1.165) is 29.1 Å². The van der Waals surface area contributed by atoms with Crippen molar-refractivity contribution in [2.45, 2.75) is 13.0 Å². The Bertz CT molecular complexity index is 1000. The van der Waals surface area contributed by atoms with E-state index in [0.29, 0.717) is 28.9 Å². The van der Waals surface area contributed by atoms with Crippen LogP contribution in [0.3, 0.4) is 0 Å². The highest BCUT2D eigenvalue weighted by Gasteiger charge is 2.12. The first-order valence-corrected chi connectivity index (χ1v) is 10.3. The van der Waals surface area contributed by atoms with Crippen LogP contribution in [0, 0.1) is 0 Å². The zero-order valence-electron chi connectivity index (χ0n) is 16.9. The summed E-state index contributed by atoms with van der Waals surface area (Å²) in [6.07, 6.45) is 4.23. The number of hydrogen-bond donors (Lipinski definition) is 2. The van der Waals surface area contributed by atoms with Crippen LogP contribution < -0.4 is 10.7 Å². The number of hydrazone groups is 1. The van der Waals surface area contributed by atoms with Crippen molar-refractivity contribution in [3.63, 3.8) is 0 Å². The smallest absolute Gasteiger partial charge is 0.187 e. The van der Waals surface area contributed by atoms with Crippen LogP contribution in [-0.2, 0) is 6.54 Å². The standard InChI is InChI=1S/C22H24ClN5OS/c1-28(2)12-10-19(26-27-22(30)25-15-16-5-4-11-24-14-16)21-9-8-20(29-21)17-6-3-7-18(23)13-17/h3-9,11,13-14H,10,12,15H2,1-2H3,(H2,25,27,30). The molecule has 0 saturated carbocycles. The van der Waals surface area contributed by atoms with Crippen molar-refractivity contribution in [3.8, 4) is 11.3 Å². The number of pyridine rings is 1. The molecule has 3 aromatic rings. The summed E-state index contributed by atoms with van der Waals surface area (Å²) in [6.45, 7) is 1.39. The van der Waals surface area contributed by atoms with Crippen LogP contribution in [0.1, 0.15) is 17.7 Å². The maximum Gasteiger partial charge on any atom is 0.187 e. The van der Waals surface area contributed by atoms with Gasteiger partial charge in [0.1, 0.15) is 11.5 Å². The van der Waals surface area contributed by atoms with Crippen molar-refractivity contribution < 1.29 is 4.42 Å². The number of nitrogens with zero attached hydrogens (tertiary/aromatic N) is 3. The quantitative estimate of drug-likeness (QED) is 0.308. The van der Waals surface area contributed by atoms with Gasteiger partial charge in [0.15, 0.2) is 10.9 Å². The number of aromatic nitrogens is 1. The first-order chi connectivity index (χ1) is 14.5. The summed E-state index contributed by atoms with van der Waals surface area (Å²) in [5.74, 6) is 1.43. The largest absolute Gasteiger partial charge is 0.455 e.